The Hall–Kier alpha value is -5.75. The zero-order valence-corrected chi connectivity index (χ0v) is 29.1. The second kappa shape index (κ2) is 19.4. The molecule has 2 aromatic carbocycles. The summed E-state index contributed by atoms with van der Waals surface area (Å²) in [5, 5.41) is 6.41. The Balaban J connectivity index is 0.00000675. The van der Waals surface area contributed by atoms with Gasteiger partial charge in [-0.25, -0.2) is 0 Å². The van der Waals surface area contributed by atoms with Crippen molar-refractivity contribution in [3.8, 4) is 131 Å². The molecule has 0 unspecified atom stereocenters. The van der Waals surface area contributed by atoms with Crippen molar-refractivity contribution in [2.24, 2.45) is 0 Å². The third kappa shape index (κ3) is 10.3. The average Bonchev–Trinajstić information content (AvgIpc) is 3.23. The molecule has 2 aromatic rings. The molecular weight excluding hydrogens is 747 g/mol. The van der Waals surface area contributed by atoms with Gasteiger partial charge in [-0.3, -0.25) is 0 Å². The molecule has 1 aliphatic rings. The van der Waals surface area contributed by atoms with Crippen LogP contribution >= 0.6 is 0 Å². The van der Waals surface area contributed by atoms with E-state index in [0.717, 1.165) is 11.4 Å². The van der Waals surface area contributed by atoms with E-state index in [-0.39, 0.29) is 49.5 Å². The summed E-state index contributed by atoms with van der Waals surface area (Å²) < 4.78 is 2.00. The summed E-state index contributed by atoms with van der Waals surface area (Å²) in [5.74, 6) is 51.0. The first kappa shape index (κ1) is 34.5. The predicted octanol–water partition coefficient (Wildman–Crippen LogP) is 4.91. The van der Waals surface area contributed by atoms with Crippen LogP contribution < -0.4 is 0 Å². The number of nitrogens with zero attached hydrogens (tertiary/aromatic N) is 2. The van der Waals surface area contributed by atoms with Gasteiger partial charge in [0.1, 0.15) is 0 Å². The van der Waals surface area contributed by atoms with Crippen LogP contribution in [0.25, 0.3) is 16.1 Å². The van der Waals surface area contributed by atoms with Gasteiger partial charge in [0.25, 0.3) is 0 Å². The van der Waals surface area contributed by atoms with Crippen LogP contribution in [0.2, 0.25) is 0 Å². The van der Waals surface area contributed by atoms with Gasteiger partial charge in [0.2, 0.25) is 17.4 Å². The van der Waals surface area contributed by atoms with Crippen LogP contribution in [-0.4, -0.2) is 17.3 Å². The van der Waals surface area contributed by atoms with Gasteiger partial charge in [0.05, 0.1) is 11.3 Å². The number of terminal acetylenes is 1. The summed E-state index contributed by atoms with van der Waals surface area (Å²) >= 11 is 0. The molecule has 0 amide bonds. The molecule has 0 N–H and O–H groups in total. The molecule has 0 saturated carbocycles. The molecule has 1 heterocycles. The van der Waals surface area contributed by atoms with Crippen LogP contribution in [-0.2, 0) is 5.41 Å². The smallest absolute Gasteiger partial charge is 0.243 e. The Morgan fingerprint density at radius 1 is 0.659 bits per heavy atom. The van der Waals surface area contributed by atoms with E-state index in [1.807, 2.05) is 22.8 Å². The zero-order chi connectivity index (χ0) is 30.6. The van der Waals surface area contributed by atoms with E-state index < -0.39 is 0 Å². The van der Waals surface area contributed by atoms with E-state index in [0.29, 0.717) is 0 Å². The maximum absolute atomic E-state index is 4.96. The Bertz CT molecular complexity index is 2250. The summed E-state index contributed by atoms with van der Waals surface area (Å²) in [6.45, 7) is 4.41. The van der Waals surface area contributed by atoms with Crippen molar-refractivity contribution >= 4 is 22.2 Å². The topological polar surface area (TPSA) is 17.1 Å². The molecule has 0 spiro atoms. The predicted molar refractivity (Wildman–Crippen MR) is 176 cm³/mol. The van der Waals surface area contributed by atoms with E-state index in [2.05, 4.69) is 180 Å². The van der Waals surface area contributed by atoms with Crippen LogP contribution in [0.1, 0.15) is 19.4 Å². The summed E-state index contributed by atoms with van der Waals surface area (Å²) in [7, 11) is 1.74. The quantitative estimate of drug-likeness (QED) is 0.240. The average molecular weight is 768 g/mol. The standard InChI is InChI=1S/C41H20N2.Ac/c1-5-6-7-8-9-10-11-12-13-14-15-16-17-18-19-20-21-22-23-28-35-43-38-33-32-36-29-24-25-30-37(36)40(38)41(2,3)39(43)31-26-27-34-42-4;/h1,24-27,29-34H,2-4H3;. The van der Waals surface area contributed by atoms with Gasteiger partial charge in [-0.1, -0.05) is 36.4 Å². The fourth-order valence-corrected chi connectivity index (χ4v) is 3.98. The van der Waals surface area contributed by atoms with Crippen LogP contribution in [0.15, 0.2) is 60.8 Å². The van der Waals surface area contributed by atoms with Crippen molar-refractivity contribution in [3.63, 3.8) is 0 Å². The van der Waals surface area contributed by atoms with E-state index in [1.165, 1.54) is 16.3 Å². The molecule has 0 fully saturated rings. The SMILES string of the molecule is C#CC#CC#CC#CC#CC#CC#CC#CC#CC#CC#C[N+]1=C(/C=C/C=C/[N-]C)C(C)(C)c2c1ccc1ccccc21.[Ac]. The second-order valence-electron chi connectivity index (χ2n) is 8.62. The Morgan fingerprint density at radius 2 is 1.16 bits per heavy atom. The van der Waals surface area contributed by atoms with Crippen LogP contribution in [0, 0.1) is 175 Å². The van der Waals surface area contributed by atoms with Crippen LogP contribution in [0.4, 0.5) is 5.69 Å². The Kier molecular flexibility index (Phi) is 15.2. The first-order valence-electron chi connectivity index (χ1n) is 12.7. The van der Waals surface area contributed by atoms with Gasteiger partial charge >= 0.3 is 0 Å². The first-order valence-corrected chi connectivity index (χ1v) is 12.7. The number of allylic oxidation sites excluding steroid dienone is 3. The molecular formula is C41H20AcN2. The molecule has 1 radical (unpaired) electrons. The Labute approximate surface area is 297 Å². The van der Waals surface area contributed by atoms with Crippen molar-refractivity contribution in [1.29, 1.82) is 0 Å². The van der Waals surface area contributed by atoms with Gasteiger partial charge < -0.3 is 5.32 Å². The molecule has 0 saturated heterocycles. The maximum atomic E-state index is 4.96. The van der Waals surface area contributed by atoms with Crippen LogP contribution in [0.3, 0.4) is 0 Å². The molecule has 0 bridgehead atoms. The molecule has 197 valence electrons. The van der Waals surface area contributed by atoms with Crippen molar-refractivity contribution in [1.82, 2.24) is 0 Å². The molecule has 3 rings (SSSR count). The van der Waals surface area contributed by atoms with Gasteiger partial charge in [-0.15, -0.1) is 18.0 Å². The normalized spacial score (nSPS) is 10.3. The van der Waals surface area contributed by atoms with E-state index >= 15 is 0 Å². The number of rotatable bonds is 3. The van der Waals surface area contributed by atoms with E-state index in [1.54, 1.807) is 13.2 Å². The van der Waals surface area contributed by atoms with Crippen molar-refractivity contribution < 1.29 is 48.6 Å². The fraction of sp³-hybridized carbons (Fsp3) is 0.0976. The second-order valence-corrected chi connectivity index (χ2v) is 8.62. The minimum absolute atomic E-state index is 0. The first-order chi connectivity index (χ1) is 21.1. The van der Waals surface area contributed by atoms with Crippen molar-refractivity contribution in [2.45, 2.75) is 19.3 Å². The van der Waals surface area contributed by atoms with Gasteiger partial charge in [-0.05, 0) is 78.0 Å². The van der Waals surface area contributed by atoms with Gasteiger partial charge in [-0.2, -0.15) is 6.20 Å². The van der Waals surface area contributed by atoms with Gasteiger partial charge in [0.15, 0.2) is 0 Å². The molecule has 0 aliphatic carbocycles. The summed E-state index contributed by atoms with van der Waals surface area (Å²) in [5.41, 5.74) is 3.03. The van der Waals surface area contributed by atoms with E-state index in [4.69, 9.17) is 6.42 Å². The maximum Gasteiger partial charge on any atom is 0.243 e. The van der Waals surface area contributed by atoms with Crippen LogP contribution in [0.5, 0.6) is 0 Å². The number of benzene rings is 2. The van der Waals surface area contributed by atoms with E-state index in [9.17, 15) is 0 Å². The van der Waals surface area contributed by atoms with Crippen molar-refractivity contribution in [2.75, 3.05) is 7.05 Å². The van der Waals surface area contributed by atoms with Crippen molar-refractivity contribution in [3.05, 3.63) is 71.7 Å². The molecule has 1 aliphatic heterocycles. The number of hydrogen-bond donors (Lipinski definition) is 0. The summed E-state index contributed by atoms with van der Waals surface area (Å²) in [6.07, 6.45) is 12.6. The Morgan fingerprint density at radius 3 is 1.68 bits per heavy atom. The third-order valence-electron chi connectivity index (χ3n) is 5.62. The number of fused-ring (bicyclic) bond motifs is 3. The molecule has 2 nitrogen and oxygen atoms in total. The summed E-state index contributed by atoms with van der Waals surface area (Å²) in [4.78, 5) is 0. The molecule has 44 heavy (non-hydrogen) atoms. The zero-order valence-electron chi connectivity index (χ0n) is 24.3. The summed E-state index contributed by atoms with van der Waals surface area (Å²) in [6, 6.07) is 15.8. The molecule has 0 atom stereocenters. The monoisotopic (exact) mass is 767 g/mol. The number of hydrogen-bond acceptors (Lipinski definition) is 0. The molecule has 0 aromatic heterocycles. The molecule has 3 heteroatoms. The third-order valence-corrected chi connectivity index (χ3v) is 5.62. The van der Waals surface area contributed by atoms with Gasteiger partial charge in [0, 0.05) is 127 Å². The fourth-order valence-electron chi connectivity index (χ4n) is 3.98. The minimum Gasteiger partial charge on any atom is -0.693 e. The largest absolute Gasteiger partial charge is 0.693 e. The minimum atomic E-state index is -0.277.